The molecular weight excluding hydrogens is 347 g/mol. The number of benzene rings is 1. The number of carbonyl (C=O) groups is 2. The predicted molar refractivity (Wildman–Crippen MR) is 96.7 cm³/mol. The molecule has 7 heteroatoms. The Morgan fingerprint density at radius 3 is 2.93 bits per heavy atom. The highest BCUT2D eigenvalue weighted by Crippen LogP contribution is 2.40. The van der Waals surface area contributed by atoms with Gasteiger partial charge in [0.1, 0.15) is 5.82 Å². The number of hydrogen-bond donors (Lipinski definition) is 2. The van der Waals surface area contributed by atoms with Crippen LogP contribution in [0, 0.1) is 5.82 Å². The van der Waals surface area contributed by atoms with E-state index in [1.807, 2.05) is 0 Å². The Balaban J connectivity index is 1.43. The van der Waals surface area contributed by atoms with E-state index in [9.17, 15) is 14.0 Å². The van der Waals surface area contributed by atoms with Gasteiger partial charge in [0, 0.05) is 48.8 Å². The smallest absolute Gasteiger partial charge is 0.231 e. The first kappa shape index (κ1) is 16.5. The van der Waals surface area contributed by atoms with E-state index in [0.717, 1.165) is 36.2 Å². The third-order valence-electron chi connectivity index (χ3n) is 6.12. The lowest BCUT2D eigenvalue weighted by atomic mass is 9.80. The maximum atomic E-state index is 13.8. The number of H-pyrrole nitrogens is 1. The van der Waals surface area contributed by atoms with Crippen molar-refractivity contribution in [1.82, 2.24) is 15.1 Å². The van der Waals surface area contributed by atoms with Gasteiger partial charge in [0.15, 0.2) is 0 Å². The standard InChI is InChI=1S/C20H21FN4O2/c21-12-4-5-16-13(8-12)14(9-18(26)22-16)20(27)25-7-6-17-15(10-25)19(24-23-17)11-2-1-3-11/h4-5,8,11,14H,1-3,6-7,9-10H2,(H,22,26)(H,23,24)/t14-/m0/s1. The van der Waals surface area contributed by atoms with Gasteiger partial charge in [0.05, 0.1) is 11.6 Å². The molecule has 6 nitrogen and oxygen atoms in total. The van der Waals surface area contributed by atoms with Crippen LogP contribution in [-0.4, -0.2) is 33.5 Å². The Labute approximate surface area is 156 Å². The first-order valence-corrected chi connectivity index (χ1v) is 9.54. The van der Waals surface area contributed by atoms with Crippen molar-refractivity contribution in [2.75, 3.05) is 11.9 Å². The van der Waals surface area contributed by atoms with E-state index in [2.05, 4.69) is 15.5 Å². The van der Waals surface area contributed by atoms with Crippen molar-refractivity contribution >= 4 is 17.5 Å². The summed E-state index contributed by atoms with van der Waals surface area (Å²) in [5.74, 6) is -0.849. The number of aromatic nitrogens is 2. The molecule has 1 aromatic carbocycles. The van der Waals surface area contributed by atoms with Gasteiger partial charge in [0.25, 0.3) is 0 Å². The molecule has 140 valence electrons. The molecule has 2 amide bonds. The van der Waals surface area contributed by atoms with E-state index in [4.69, 9.17) is 0 Å². The third-order valence-corrected chi connectivity index (χ3v) is 6.12. The lowest BCUT2D eigenvalue weighted by molar-refractivity contribution is -0.135. The van der Waals surface area contributed by atoms with Gasteiger partial charge in [-0.15, -0.1) is 0 Å². The summed E-state index contributed by atoms with van der Waals surface area (Å²) in [6, 6.07) is 4.20. The molecule has 0 saturated heterocycles. The number of hydrogen-bond acceptors (Lipinski definition) is 3. The lowest BCUT2D eigenvalue weighted by Crippen LogP contribution is -2.41. The van der Waals surface area contributed by atoms with Crippen molar-refractivity contribution in [2.24, 2.45) is 0 Å². The summed E-state index contributed by atoms with van der Waals surface area (Å²) in [5, 5.41) is 10.4. The molecule has 0 spiro atoms. The molecule has 5 rings (SSSR count). The molecule has 1 atom stereocenters. The van der Waals surface area contributed by atoms with Crippen LogP contribution < -0.4 is 5.32 Å². The number of anilines is 1. The Kier molecular flexibility index (Phi) is 3.77. The number of rotatable bonds is 2. The molecule has 1 saturated carbocycles. The van der Waals surface area contributed by atoms with Gasteiger partial charge >= 0.3 is 0 Å². The van der Waals surface area contributed by atoms with E-state index in [1.165, 1.54) is 24.6 Å². The van der Waals surface area contributed by atoms with Gasteiger partial charge in [-0.05, 0) is 36.6 Å². The maximum Gasteiger partial charge on any atom is 0.231 e. The summed E-state index contributed by atoms with van der Waals surface area (Å²) in [6.45, 7) is 1.10. The molecule has 2 aromatic rings. The Bertz CT molecular complexity index is 934. The van der Waals surface area contributed by atoms with E-state index in [0.29, 0.717) is 30.3 Å². The minimum atomic E-state index is -0.634. The molecule has 0 bridgehead atoms. The fourth-order valence-corrected chi connectivity index (χ4v) is 4.40. The zero-order valence-electron chi connectivity index (χ0n) is 14.9. The summed E-state index contributed by atoms with van der Waals surface area (Å²) in [6.07, 6.45) is 4.32. The Morgan fingerprint density at radius 2 is 2.15 bits per heavy atom. The van der Waals surface area contributed by atoms with Crippen LogP contribution in [0.5, 0.6) is 0 Å². The van der Waals surface area contributed by atoms with E-state index < -0.39 is 11.7 Å². The largest absolute Gasteiger partial charge is 0.337 e. The van der Waals surface area contributed by atoms with Gasteiger partial charge in [-0.25, -0.2) is 4.39 Å². The zero-order chi connectivity index (χ0) is 18.5. The number of nitrogens with one attached hydrogen (secondary N) is 2. The van der Waals surface area contributed by atoms with Crippen LogP contribution in [0.1, 0.15) is 60.0 Å². The summed E-state index contributed by atoms with van der Waals surface area (Å²) in [7, 11) is 0. The molecule has 27 heavy (non-hydrogen) atoms. The molecule has 0 unspecified atom stereocenters. The topological polar surface area (TPSA) is 78.1 Å². The number of aromatic amines is 1. The van der Waals surface area contributed by atoms with Crippen LogP contribution in [0.25, 0.3) is 0 Å². The molecule has 1 aromatic heterocycles. The molecule has 1 fully saturated rings. The van der Waals surface area contributed by atoms with E-state index >= 15 is 0 Å². The van der Waals surface area contributed by atoms with E-state index in [-0.39, 0.29) is 18.2 Å². The van der Waals surface area contributed by atoms with Gasteiger partial charge < -0.3 is 10.2 Å². The number of amides is 2. The predicted octanol–water partition coefficient (Wildman–Crippen LogP) is 2.83. The first-order chi connectivity index (χ1) is 13.1. The average Bonchev–Trinajstić information content (AvgIpc) is 3.02. The van der Waals surface area contributed by atoms with Gasteiger partial charge in [-0.1, -0.05) is 6.42 Å². The Morgan fingerprint density at radius 1 is 1.30 bits per heavy atom. The minimum Gasteiger partial charge on any atom is -0.337 e. The van der Waals surface area contributed by atoms with Gasteiger partial charge in [-0.3, -0.25) is 14.7 Å². The average molecular weight is 368 g/mol. The highest BCUT2D eigenvalue weighted by atomic mass is 19.1. The molecule has 0 radical (unpaired) electrons. The third kappa shape index (κ3) is 2.72. The molecule has 1 aliphatic carbocycles. The second-order valence-electron chi connectivity index (χ2n) is 7.74. The van der Waals surface area contributed by atoms with Crippen molar-refractivity contribution < 1.29 is 14.0 Å². The lowest BCUT2D eigenvalue weighted by Gasteiger charge is -2.34. The molecular formula is C20H21FN4O2. The molecule has 2 N–H and O–H groups in total. The van der Waals surface area contributed by atoms with Crippen LogP contribution in [0.2, 0.25) is 0 Å². The van der Waals surface area contributed by atoms with Crippen LogP contribution >= 0.6 is 0 Å². The van der Waals surface area contributed by atoms with Crippen molar-refractivity contribution in [3.05, 3.63) is 46.5 Å². The molecule has 2 aliphatic heterocycles. The van der Waals surface area contributed by atoms with Crippen LogP contribution in [-0.2, 0) is 22.6 Å². The number of carbonyl (C=O) groups excluding carboxylic acids is 2. The van der Waals surface area contributed by atoms with Crippen molar-refractivity contribution in [2.45, 2.75) is 50.5 Å². The molecule has 3 heterocycles. The maximum absolute atomic E-state index is 13.8. The number of halogens is 1. The number of fused-ring (bicyclic) bond motifs is 2. The highest BCUT2D eigenvalue weighted by Gasteiger charge is 2.37. The summed E-state index contributed by atoms with van der Waals surface area (Å²) < 4.78 is 13.8. The minimum absolute atomic E-state index is 0.0551. The monoisotopic (exact) mass is 368 g/mol. The quantitative estimate of drug-likeness (QED) is 0.856. The van der Waals surface area contributed by atoms with E-state index in [1.54, 1.807) is 4.90 Å². The highest BCUT2D eigenvalue weighted by molar-refractivity contribution is 6.01. The normalized spacial score (nSPS) is 21.9. The first-order valence-electron chi connectivity index (χ1n) is 9.54. The fraction of sp³-hybridized carbons (Fsp3) is 0.450. The van der Waals surface area contributed by atoms with Crippen LogP contribution in [0.3, 0.4) is 0 Å². The van der Waals surface area contributed by atoms with Crippen LogP contribution in [0.4, 0.5) is 10.1 Å². The van der Waals surface area contributed by atoms with Crippen LogP contribution in [0.15, 0.2) is 18.2 Å². The summed E-state index contributed by atoms with van der Waals surface area (Å²) >= 11 is 0. The van der Waals surface area contributed by atoms with Crippen molar-refractivity contribution in [3.63, 3.8) is 0 Å². The number of nitrogens with zero attached hydrogens (tertiary/aromatic N) is 2. The van der Waals surface area contributed by atoms with Gasteiger partial charge in [0.2, 0.25) is 11.8 Å². The van der Waals surface area contributed by atoms with Gasteiger partial charge in [-0.2, -0.15) is 5.10 Å². The second-order valence-corrected chi connectivity index (χ2v) is 7.74. The zero-order valence-corrected chi connectivity index (χ0v) is 14.9. The van der Waals surface area contributed by atoms with Crippen molar-refractivity contribution in [1.29, 1.82) is 0 Å². The summed E-state index contributed by atoms with van der Waals surface area (Å²) in [5.41, 5.74) is 4.45. The second kappa shape index (κ2) is 6.18. The summed E-state index contributed by atoms with van der Waals surface area (Å²) in [4.78, 5) is 27.1. The Hall–Kier alpha value is -2.70. The SMILES string of the molecule is O=C1C[C@H](C(=O)N2CCc3[nH]nc(C4CCC4)c3C2)c2cc(F)ccc2N1. The van der Waals surface area contributed by atoms with Crippen molar-refractivity contribution in [3.8, 4) is 0 Å². The molecule has 3 aliphatic rings. The fourth-order valence-electron chi connectivity index (χ4n) is 4.40.